The van der Waals surface area contributed by atoms with Crippen LogP contribution in [0.15, 0.2) is 34.9 Å². The molecule has 0 aliphatic carbocycles. The number of alkyl carbamates (subject to hydrolysis) is 1. The summed E-state index contributed by atoms with van der Waals surface area (Å²) >= 11 is 6.05. The summed E-state index contributed by atoms with van der Waals surface area (Å²) in [6.45, 7) is 0.779. The van der Waals surface area contributed by atoms with Crippen molar-refractivity contribution in [2.24, 2.45) is 0 Å². The second-order valence-electron chi connectivity index (χ2n) is 5.80. The van der Waals surface area contributed by atoms with Gasteiger partial charge in [0.05, 0.1) is 13.1 Å². The number of halogens is 2. The standard InChI is InChI=1S/C17H14ClFN4O4/c18-16-22-14-12(15(23-16)20-5-10-4-9(19)7-25-10)2-1-3-13(14)26-8-11-6-21-17(24)27-11/h1-4,7,11H,5-6,8H2,(H,21,24)(H,20,22,23). The largest absolute Gasteiger partial charge is 0.487 e. The Morgan fingerprint density at radius 2 is 2.30 bits per heavy atom. The van der Waals surface area contributed by atoms with Gasteiger partial charge in [-0.15, -0.1) is 0 Å². The molecule has 4 rings (SSSR count). The first-order valence-electron chi connectivity index (χ1n) is 8.09. The summed E-state index contributed by atoms with van der Waals surface area (Å²) < 4.78 is 28.9. The summed E-state index contributed by atoms with van der Waals surface area (Å²) in [5, 5.41) is 6.32. The van der Waals surface area contributed by atoms with Gasteiger partial charge in [-0.3, -0.25) is 0 Å². The van der Waals surface area contributed by atoms with E-state index in [1.54, 1.807) is 18.2 Å². The van der Waals surface area contributed by atoms with E-state index < -0.39 is 11.9 Å². The number of hydrogen-bond acceptors (Lipinski definition) is 7. The minimum Gasteiger partial charge on any atom is -0.487 e. The molecule has 27 heavy (non-hydrogen) atoms. The topological polar surface area (TPSA) is 98.5 Å². The molecule has 10 heteroatoms. The van der Waals surface area contributed by atoms with Gasteiger partial charge in [0, 0.05) is 11.5 Å². The molecule has 1 aromatic carbocycles. The summed E-state index contributed by atoms with van der Waals surface area (Å²) in [6.07, 6.45) is 0.183. The highest BCUT2D eigenvalue weighted by atomic mass is 35.5. The fourth-order valence-corrected chi connectivity index (χ4v) is 2.84. The number of benzene rings is 1. The van der Waals surface area contributed by atoms with Gasteiger partial charge >= 0.3 is 6.09 Å². The molecule has 140 valence electrons. The minimum atomic E-state index is -0.465. The quantitative estimate of drug-likeness (QED) is 0.622. The van der Waals surface area contributed by atoms with Crippen molar-refractivity contribution < 1.29 is 23.1 Å². The van der Waals surface area contributed by atoms with Crippen LogP contribution in [0, 0.1) is 5.82 Å². The van der Waals surface area contributed by atoms with Crippen molar-refractivity contribution in [2.45, 2.75) is 12.6 Å². The second-order valence-corrected chi connectivity index (χ2v) is 6.14. The molecule has 1 atom stereocenters. The van der Waals surface area contributed by atoms with Crippen molar-refractivity contribution in [1.29, 1.82) is 0 Å². The predicted octanol–water partition coefficient (Wildman–Crippen LogP) is 3.11. The summed E-state index contributed by atoms with van der Waals surface area (Å²) in [4.78, 5) is 19.5. The highest BCUT2D eigenvalue weighted by molar-refractivity contribution is 6.29. The summed E-state index contributed by atoms with van der Waals surface area (Å²) in [5.74, 6) is 0.904. The smallest absolute Gasteiger partial charge is 0.407 e. The number of cyclic esters (lactones) is 1. The normalized spacial score (nSPS) is 16.2. The lowest BCUT2D eigenvalue weighted by atomic mass is 10.2. The van der Waals surface area contributed by atoms with Crippen LogP contribution >= 0.6 is 11.6 Å². The maximum absolute atomic E-state index is 13.0. The van der Waals surface area contributed by atoms with Gasteiger partial charge in [0.2, 0.25) is 5.28 Å². The molecule has 0 bridgehead atoms. The van der Waals surface area contributed by atoms with Gasteiger partial charge in [-0.2, -0.15) is 0 Å². The van der Waals surface area contributed by atoms with Crippen LogP contribution in [0.4, 0.5) is 15.0 Å². The Kier molecular flexibility index (Phi) is 4.68. The molecule has 1 aliphatic rings. The van der Waals surface area contributed by atoms with Crippen molar-refractivity contribution in [2.75, 3.05) is 18.5 Å². The van der Waals surface area contributed by atoms with E-state index in [1.807, 2.05) is 0 Å². The van der Waals surface area contributed by atoms with Gasteiger partial charge in [-0.25, -0.2) is 19.2 Å². The van der Waals surface area contributed by atoms with Crippen LogP contribution in [-0.2, 0) is 11.3 Å². The molecule has 1 amide bonds. The number of carbonyl (C=O) groups is 1. The van der Waals surface area contributed by atoms with Crippen molar-refractivity contribution in [1.82, 2.24) is 15.3 Å². The van der Waals surface area contributed by atoms with Crippen molar-refractivity contribution in [3.8, 4) is 5.75 Å². The molecule has 0 saturated carbocycles. The number of ether oxygens (including phenoxy) is 2. The Morgan fingerprint density at radius 1 is 1.41 bits per heavy atom. The number of hydrogen-bond donors (Lipinski definition) is 2. The molecule has 1 fully saturated rings. The molecule has 3 heterocycles. The van der Waals surface area contributed by atoms with Crippen LogP contribution in [0.1, 0.15) is 5.76 Å². The SMILES string of the molecule is O=C1NCC(COc2cccc3c(NCc4cc(F)co4)nc(Cl)nc23)O1. The van der Waals surface area contributed by atoms with E-state index in [-0.39, 0.29) is 24.5 Å². The number of carbonyl (C=O) groups excluding carboxylic acids is 1. The Hall–Kier alpha value is -3.07. The van der Waals surface area contributed by atoms with Crippen LogP contribution in [0.5, 0.6) is 5.75 Å². The Bertz CT molecular complexity index is 996. The fraction of sp³-hybridized carbons (Fsp3) is 0.235. The van der Waals surface area contributed by atoms with E-state index in [4.69, 9.17) is 25.5 Å². The first-order chi connectivity index (χ1) is 13.1. The molecule has 3 aromatic rings. The third-order valence-corrected chi connectivity index (χ3v) is 4.06. The first kappa shape index (κ1) is 17.3. The fourth-order valence-electron chi connectivity index (χ4n) is 2.67. The number of fused-ring (bicyclic) bond motifs is 1. The third kappa shape index (κ3) is 3.87. The molecule has 0 radical (unpaired) electrons. The number of nitrogens with zero attached hydrogens (tertiary/aromatic N) is 2. The van der Waals surface area contributed by atoms with Gasteiger partial charge in [-0.05, 0) is 23.7 Å². The van der Waals surface area contributed by atoms with Crippen LogP contribution < -0.4 is 15.4 Å². The van der Waals surface area contributed by atoms with Gasteiger partial charge < -0.3 is 24.5 Å². The van der Waals surface area contributed by atoms with E-state index in [9.17, 15) is 9.18 Å². The highest BCUT2D eigenvalue weighted by Gasteiger charge is 2.23. The van der Waals surface area contributed by atoms with Crippen molar-refractivity contribution in [3.63, 3.8) is 0 Å². The summed E-state index contributed by atoms with van der Waals surface area (Å²) in [7, 11) is 0. The van der Waals surface area contributed by atoms with E-state index >= 15 is 0 Å². The third-order valence-electron chi connectivity index (χ3n) is 3.89. The van der Waals surface area contributed by atoms with Gasteiger partial charge in [0.25, 0.3) is 0 Å². The maximum atomic E-state index is 13.0. The Balaban J connectivity index is 1.56. The number of aromatic nitrogens is 2. The van der Waals surface area contributed by atoms with E-state index in [0.29, 0.717) is 34.8 Å². The lowest BCUT2D eigenvalue weighted by Gasteiger charge is -2.13. The Labute approximate surface area is 157 Å². The number of anilines is 1. The molecule has 2 N–H and O–H groups in total. The van der Waals surface area contributed by atoms with Crippen LogP contribution in [0.3, 0.4) is 0 Å². The minimum absolute atomic E-state index is 0.0284. The molecular formula is C17H14ClFN4O4. The monoisotopic (exact) mass is 392 g/mol. The van der Waals surface area contributed by atoms with Crippen LogP contribution in [-0.4, -0.2) is 35.3 Å². The van der Waals surface area contributed by atoms with Gasteiger partial charge in [0.15, 0.2) is 11.9 Å². The highest BCUT2D eigenvalue weighted by Crippen LogP contribution is 2.30. The molecule has 0 spiro atoms. The zero-order chi connectivity index (χ0) is 18.8. The van der Waals surface area contributed by atoms with E-state index in [0.717, 1.165) is 6.26 Å². The average molecular weight is 393 g/mol. The zero-order valence-electron chi connectivity index (χ0n) is 13.9. The molecular weight excluding hydrogens is 379 g/mol. The lowest BCUT2D eigenvalue weighted by molar-refractivity contribution is 0.105. The summed E-state index contributed by atoms with van der Waals surface area (Å²) in [5.41, 5.74) is 0.503. The predicted molar refractivity (Wildman–Crippen MR) is 94.3 cm³/mol. The molecule has 8 nitrogen and oxygen atoms in total. The second kappa shape index (κ2) is 7.28. The van der Waals surface area contributed by atoms with Crippen molar-refractivity contribution in [3.05, 3.63) is 47.4 Å². The zero-order valence-corrected chi connectivity index (χ0v) is 14.6. The number of para-hydroxylation sites is 1. The summed E-state index contributed by atoms with van der Waals surface area (Å²) in [6, 6.07) is 6.61. The number of amides is 1. The van der Waals surface area contributed by atoms with Gasteiger partial charge in [0.1, 0.15) is 35.7 Å². The van der Waals surface area contributed by atoms with Gasteiger partial charge in [-0.1, -0.05) is 6.07 Å². The Morgan fingerprint density at radius 3 is 3.04 bits per heavy atom. The molecule has 1 saturated heterocycles. The van der Waals surface area contributed by atoms with Crippen molar-refractivity contribution >= 4 is 34.4 Å². The number of rotatable bonds is 6. The molecule has 2 aromatic heterocycles. The van der Waals surface area contributed by atoms with Crippen LogP contribution in [0.25, 0.3) is 10.9 Å². The van der Waals surface area contributed by atoms with E-state index in [2.05, 4.69) is 20.6 Å². The molecule has 1 unspecified atom stereocenters. The van der Waals surface area contributed by atoms with E-state index in [1.165, 1.54) is 6.07 Å². The maximum Gasteiger partial charge on any atom is 0.407 e. The molecule has 1 aliphatic heterocycles. The first-order valence-corrected chi connectivity index (χ1v) is 8.46. The number of furan rings is 1. The lowest BCUT2D eigenvalue weighted by Crippen LogP contribution is -2.22. The number of nitrogens with one attached hydrogen (secondary N) is 2. The average Bonchev–Trinajstić information content (AvgIpc) is 3.26. The van der Waals surface area contributed by atoms with Crippen LogP contribution in [0.2, 0.25) is 5.28 Å².